The van der Waals surface area contributed by atoms with Gasteiger partial charge in [-0.3, -0.25) is 0 Å². The molecule has 20 heavy (non-hydrogen) atoms. The Morgan fingerprint density at radius 3 is 2.45 bits per heavy atom. The average molecular weight is 263 g/mol. The van der Waals surface area contributed by atoms with Crippen LogP contribution in [-0.4, -0.2) is 0 Å². The van der Waals surface area contributed by atoms with Crippen LogP contribution in [0.1, 0.15) is 48.4 Å². The van der Waals surface area contributed by atoms with Crippen LogP contribution < -0.4 is 5.73 Å². The highest BCUT2D eigenvalue weighted by Crippen LogP contribution is 2.34. The van der Waals surface area contributed by atoms with Crippen molar-refractivity contribution >= 4 is 17.3 Å². The number of hydrogen-bond acceptors (Lipinski definition) is 1. The Hall–Kier alpha value is -2.02. The van der Waals surface area contributed by atoms with Gasteiger partial charge in [0.25, 0.3) is 0 Å². The molecule has 102 valence electrons. The van der Waals surface area contributed by atoms with E-state index in [1.54, 1.807) is 0 Å². The average Bonchev–Trinajstić information content (AvgIpc) is 2.81. The summed E-state index contributed by atoms with van der Waals surface area (Å²) < 4.78 is 0. The highest BCUT2D eigenvalue weighted by molar-refractivity contribution is 5.86. The van der Waals surface area contributed by atoms with E-state index in [4.69, 9.17) is 5.73 Å². The van der Waals surface area contributed by atoms with Crippen molar-refractivity contribution < 1.29 is 0 Å². The Labute approximate surface area is 121 Å². The monoisotopic (exact) mass is 263 g/mol. The zero-order valence-corrected chi connectivity index (χ0v) is 12.2. The molecule has 0 aromatic heterocycles. The van der Waals surface area contributed by atoms with Crippen LogP contribution in [0, 0.1) is 0 Å². The van der Waals surface area contributed by atoms with Crippen LogP contribution in [0.25, 0.3) is 11.6 Å². The maximum absolute atomic E-state index is 5.85. The van der Waals surface area contributed by atoms with Crippen molar-refractivity contribution in [2.45, 2.75) is 32.6 Å². The van der Waals surface area contributed by atoms with Crippen LogP contribution in [0.5, 0.6) is 0 Å². The first-order chi connectivity index (χ1) is 9.63. The van der Waals surface area contributed by atoms with E-state index in [-0.39, 0.29) is 0 Å². The van der Waals surface area contributed by atoms with Gasteiger partial charge < -0.3 is 5.73 Å². The molecule has 1 heteroatoms. The van der Waals surface area contributed by atoms with Gasteiger partial charge in [-0.25, -0.2) is 0 Å². The van der Waals surface area contributed by atoms with Gasteiger partial charge in [-0.2, -0.15) is 0 Å². The maximum Gasteiger partial charge on any atom is 0.0317 e. The molecule has 3 rings (SSSR count). The second-order valence-electron chi connectivity index (χ2n) is 5.91. The number of anilines is 1. The van der Waals surface area contributed by atoms with Crippen molar-refractivity contribution in [2.24, 2.45) is 0 Å². The SMILES string of the molecule is CC(C)c1ccc(C=C2CCc3cc(N)ccc32)cc1. The van der Waals surface area contributed by atoms with Gasteiger partial charge >= 0.3 is 0 Å². The van der Waals surface area contributed by atoms with Gasteiger partial charge in [0.1, 0.15) is 0 Å². The second kappa shape index (κ2) is 5.16. The van der Waals surface area contributed by atoms with E-state index in [0.29, 0.717) is 5.92 Å². The van der Waals surface area contributed by atoms with Gasteiger partial charge in [0.2, 0.25) is 0 Å². The van der Waals surface area contributed by atoms with Crippen molar-refractivity contribution in [3.8, 4) is 0 Å². The molecule has 2 aromatic rings. The molecule has 1 nitrogen and oxygen atoms in total. The number of hydrogen-bond donors (Lipinski definition) is 1. The number of fused-ring (bicyclic) bond motifs is 1. The summed E-state index contributed by atoms with van der Waals surface area (Å²) in [6.45, 7) is 4.45. The van der Waals surface area contributed by atoms with Crippen molar-refractivity contribution in [3.05, 3.63) is 64.7 Å². The molecule has 0 amide bonds. The fourth-order valence-corrected chi connectivity index (χ4v) is 2.87. The lowest BCUT2D eigenvalue weighted by Gasteiger charge is -2.06. The van der Waals surface area contributed by atoms with E-state index in [2.05, 4.69) is 56.3 Å². The van der Waals surface area contributed by atoms with Crippen LogP contribution >= 0.6 is 0 Å². The summed E-state index contributed by atoms with van der Waals surface area (Å²) in [4.78, 5) is 0. The molecular formula is C19H21N. The largest absolute Gasteiger partial charge is 0.399 e. The Morgan fingerprint density at radius 2 is 1.75 bits per heavy atom. The zero-order chi connectivity index (χ0) is 14.1. The summed E-state index contributed by atoms with van der Waals surface area (Å²) in [5.41, 5.74) is 13.6. The fraction of sp³-hybridized carbons (Fsp3) is 0.263. The Morgan fingerprint density at radius 1 is 1.00 bits per heavy atom. The minimum Gasteiger partial charge on any atom is -0.399 e. The van der Waals surface area contributed by atoms with Gasteiger partial charge in [0, 0.05) is 5.69 Å². The van der Waals surface area contributed by atoms with Gasteiger partial charge in [0.15, 0.2) is 0 Å². The standard InChI is InChI=1S/C19H21N/c1-13(2)15-5-3-14(4-6-15)11-16-7-8-17-12-18(20)9-10-19(16)17/h3-6,9-13H,7-8,20H2,1-2H3. The number of aryl methyl sites for hydroxylation is 1. The predicted molar refractivity (Wildman–Crippen MR) is 87.6 cm³/mol. The highest BCUT2D eigenvalue weighted by Gasteiger charge is 2.15. The molecule has 2 aromatic carbocycles. The summed E-state index contributed by atoms with van der Waals surface area (Å²) in [5.74, 6) is 0.590. The minimum absolute atomic E-state index is 0.590. The van der Waals surface area contributed by atoms with Crippen LogP contribution in [0.2, 0.25) is 0 Å². The molecule has 0 bridgehead atoms. The first kappa shape index (κ1) is 13.0. The summed E-state index contributed by atoms with van der Waals surface area (Å²) in [7, 11) is 0. The van der Waals surface area contributed by atoms with E-state index in [0.717, 1.165) is 18.5 Å². The van der Waals surface area contributed by atoms with Crippen LogP contribution in [0.3, 0.4) is 0 Å². The Balaban J connectivity index is 1.91. The maximum atomic E-state index is 5.85. The molecular weight excluding hydrogens is 242 g/mol. The van der Waals surface area contributed by atoms with Crippen LogP contribution in [0.15, 0.2) is 42.5 Å². The molecule has 0 aliphatic heterocycles. The second-order valence-corrected chi connectivity index (χ2v) is 5.91. The molecule has 0 saturated heterocycles. The van der Waals surface area contributed by atoms with Gasteiger partial charge in [-0.1, -0.05) is 50.3 Å². The number of rotatable bonds is 2. The van der Waals surface area contributed by atoms with Crippen molar-refractivity contribution in [2.75, 3.05) is 5.73 Å². The van der Waals surface area contributed by atoms with Crippen molar-refractivity contribution in [1.82, 2.24) is 0 Å². The molecule has 2 N–H and O–H groups in total. The topological polar surface area (TPSA) is 26.0 Å². The first-order valence-corrected chi connectivity index (χ1v) is 7.33. The van der Waals surface area contributed by atoms with E-state index in [1.165, 1.54) is 27.8 Å². The molecule has 0 spiro atoms. The third-order valence-electron chi connectivity index (χ3n) is 4.08. The van der Waals surface area contributed by atoms with E-state index >= 15 is 0 Å². The summed E-state index contributed by atoms with van der Waals surface area (Å²) in [6.07, 6.45) is 4.53. The Kier molecular flexibility index (Phi) is 3.35. The molecule has 0 heterocycles. The number of nitrogens with two attached hydrogens (primary N) is 1. The lowest BCUT2D eigenvalue weighted by Crippen LogP contribution is -1.88. The van der Waals surface area contributed by atoms with Crippen LogP contribution in [0.4, 0.5) is 5.69 Å². The lowest BCUT2D eigenvalue weighted by atomic mass is 10.00. The summed E-state index contributed by atoms with van der Waals surface area (Å²) in [6, 6.07) is 15.2. The van der Waals surface area contributed by atoms with Gasteiger partial charge in [-0.15, -0.1) is 0 Å². The van der Waals surface area contributed by atoms with Gasteiger partial charge in [-0.05, 0) is 58.7 Å². The zero-order valence-electron chi connectivity index (χ0n) is 12.2. The molecule has 0 radical (unpaired) electrons. The highest BCUT2D eigenvalue weighted by atomic mass is 14.5. The van der Waals surface area contributed by atoms with E-state index in [1.807, 2.05) is 6.07 Å². The molecule has 0 atom stereocenters. The molecule has 1 aliphatic rings. The van der Waals surface area contributed by atoms with Crippen LogP contribution in [-0.2, 0) is 6.42 Å². The molecule has 1 aliphatic carbocycles. The lowest BCUT2D eigenvalue weighted by molar-refractivity contribution is 0.866. The third kappa shape index (κ3) is 2.49. The molecule has 0 fully saturated rings. The fourth-order valence-electron chi connectivity index (χ4n) is 2.87. The van der Waals surface area contributed by atoms with Crippen molar-refractivity contribution in [3.63, 3.8) is 0 Å². The predicted octanol–water partition coefficient (Wildman–Crippen LogP) is 4.88. The normalized spacial score (nSPS) is 15.8. The smallest absolute Gasteiger partial charge is 0.0317 e. The number of allylic oxidation sites excluding steroid dienone is 1. The van der Waals surface area contributed by atoms with Crippen molar-refractivity contribution in [1.29, 1.82) is 0 Å². The summed E-state index contributed by atoms with van der Waals surface area (Å²) in [5, 5.41) is 0. The molecule has 0 saturated carbocycles. The quantitative estimate of drug-likeness (QED) is 0.768. The van der Waals surface area contributed by atoms with Gasteiger partial charge in [0.05, 0.1) is 0 Å². The minimum atomic E-state index is 0.590. The number of nitrogen functional groups attached to an aromatic ring is 1. The Bertz CT molecular complexity index is 648. The van der Waals surface area contributed by atoms with E-state index in [9.17, 15) is 0 Å². The number of benzene rings is 2. The summed E-state index contributed by atoms with van der Waals surface area (Å²) >= 11 is 0. The third-order valence-corrected chi connectivity index (χ3v) is 4.08. The first-order valence-electron chi connectivity index (χ1n) is 7.33. The van der Waals surface area contributed by atoms with E-state index < -0.39 is 0 Å². The molecule has 0 unspecified atom stereocenters.